The van der Waals surface area contributed by atoms with Crippen molar-refractivity contribution in [3.8, 4) is 5.75 Å². The van der Waals surface area contributed by atoms with Crippen LogP contribution in [-0.2, 0) is 11.3 Å². The van der Waals surface area contributed by atoms with Crippen LogP contribution in [0.4, 0.5) is 14.5 Å². The van der Waals surface area contributed by atoms with E-state index in [0.717, 1.165) is 29.1 Å². The molecule has 0 fully saturated rings. The molecule has 3 rings (SSSR count). The van der Waals surface area contributed by atoms with E-state index in [-0.39, 0.29) is 15.9 Å². The molecule has 0 unspecified atom stereocenters. The summed E-state index contributed by atoms with van der Waals surface area (Å²) in [5.74, 6) is -1.39. The van der Waals surface area contributed by atoms with Crippen LogP contribution in [0.5, 0.6) is 5.75 Å². The Morgan fingerprint density at radius 3 is 2.71 bits per heavy atom. The maximum Gasteiger partial charge on any atom is 0.234 e. The molecule has 0 radical (unpaired) electrons. The van der Waals surface area contributed by atoms with E-state index in [2.05, 4.69) is 36.8 Å². The number of methoxy groups -OCH3 is 1. The SMILES string of the molecule is COc1ccc(Cn2nnnc2SCC(=O)Nc2c(F)cc(F)cc2Br)cc1. The van der Waals surface area contributed by atoms with Gasteiger partial charge in [-0.2, -0.15) is 0 Å². The quantitative estimate of drug-likeness (QED) is 0.533. The van der Waals surface area contributed by atoms with Gasteiger partial charge < -0.3 is 10.1 Å². The first-order valence-corrected chi connectivity index (χ1v) is 9.70. The average Bonchev–Trinajstić information content (AvgIpc) is 3.10. The monoisotopic (exact) mass is 469 g/mol. The average molecular weight is 470 g/mol. The molecule has 0 atom stereocenters. The van der Waals surface area contributed by atoms with Crippen LogP contribution in [0.15, 0.2) is 46.0 Å². The summed E-state index contributed by atoms with van der Waals surface area (Å²) in [6.07, 6.45) is 0. The molecule has 0 saturated carbocycles. The number of hydrogen-bond donors (Lipinski definition) is 1. The Labute approximate surface area is 171 Å². The third-order valence-corrected chi connectivity index (χ3v) is 5.18. The highest BCUT2D eigenvalue weighted by atomic mass is 79.9. The van der Waals surface area contributed by atoms with E-state index in [1.54, 1.807) is 11.8 Å². The van der Waals surface area contributed by atoms with E-state index < -0.39 is 17.5 Å². The van der Waals surface area contributed by atoms with E-state index in [9.17, 15) is 13.6 Å². The Kier molecular flexibility index (Phi) is 6.57. The zero-order valence-electron chi connectivity index (χ0n) is 14.5. The first-order chi connectivity index (χ1) is 13.5. The van der Waals surface area contributed by atoms with Crippen molar-refractivity contribution in [2.24, 2.45) is 0 Å². The number of hydrogen-bond acceptors (Lipinski definition) is 6. The summed E-state index contributed by atoms with van der Waals surface area (Å²) in [7, 11) is 1.59. The van der Waals surface area contributed by atoms with Crippen molar-refractivity contribution >= 4 is 39.3 Å². The molecule has 0 saturated heterocycles. The molecule has 11 heteroatoms. The van der Waals surface area contributed by atoms with Gasteiger partial charge >= 0.3 is 0 Å². The predicted octanol–water partition coefficient (Wildman–Crippen LogP) is 3.50. The van der Waals surface area contributed by atoms with Gasteiger partial charge in [0.25, 0.3) is 0 Å². The maximum absolute atomic E-state index is 13.8. The number of thioether (sulfide) groups is 1. The van der Waals surface area contributed by atoms with Gasteiger partial charge in [-0.05, 0) is 50.1 Å². The fourth-order valence-electron chi connectivity index (χ4n) is 2.27. The molecule has 1 aromatic heterocycles. The number of tetrazole rings is 1. The second-order valence-electron chi connectivity index (χ2n) is 5.55. The number of rotatable bonds is 7. The van der Waals surface area contributed by atoms with Gasteiger partial charge in [0.2, 0.25) is 11.1 Å². The molecule has 7 nitrogen and oxygen atoms in total. The molecule has 0 spiro atoms. The van der Waals surface area contributed by atoms with Crippen LogP contribution in [0.2, 0.25) is 0 Å². The van der Waals surface area contributed by atoms with Gasteiger partial charge in [-0.25, -0.2) is 13.5 Å². The molecule has 28 heavy (non-hydrogen) atoms. The minimum Gasteiger partial charge on any atom is -0.497 e. The minimum absolute atomic E-state index is 0.0494. The number of halogens is 3. The van der Waals surface area contributed by atoms with Gasteiger partial charge in [0.1, 0.15) is 11.6 Å². The molecule has 2 aromatic carbocycles. The number of aromatic nitrogens is 4. The lowest BCUT2D eigenvalue weighted by molar-refractivity contribution is -0.113. The van der Waals surface area contributed by atoms with E-state index in [1.165, 1.54) is 0 Å². The summed E-state index contributed by atoms with van der Waals surface area (Å²) < 4.78 is 33.7. The van der Waals surface area contributed by atoms with Gasteiger partial charge in [-0.3, -0.25) is 4.79 Å². The highest BCUT2D eigenvalue weighted by molar-refractivity contribution is 9.10. The highest BCUT2D eigenvalue weighted by Crippen LogP contribution is 2.27. The molecule has 1 amide bonds. The number of nitrogens with zero attached hydrogens (tertiary/aromatic N) is 4. The smallest absolute Gasteiger partial charge is 0.234 e. The first kappa shape index (κ1) is 20.2. The normalized spacial score (nSPS) is 10.7. The van der Waals surface area contributed by atoms with Crippen molar-refractivity contribution < 1.29 is 18.3 Å². The van der Waals surface area contributed by atoms with Crippen molar-refractivity contribution in [3.63, 3.8) is 0 Å². The number of anilines is 1. The highest BCUT2D eigenvalue weighted by Gasteiger charge is 2.15. The van der Waals surface area contributed by atoms with Crippen molar-refractivity contribution in [1.82, 2.24) is 20.2 Å². The Morgan fingerprint density at radius 2 is 2.04 bits per heavy atom. The topological polar surface area (TPSA) is 81.9 Å². The number of amides is 1. The summed E-state index contributed by atoms with van der Waals surface area (Å²) in [6, 6.07) is 9.20. The second-order valence-corrected chi connectivity index (χ2v) is 7.35. The van der Waals surface area contributed by atoms with Crippen LogP contribution in [0.1, 0.15) is 5.56 Å². The molecule has 3 aromatic rings. The Bertz CT molecular complexity index is 961. The zero-order chi connectivity index (χ0) is 20.1. The van der Waals surface area contributed by atoms with E-state index >= 15 is 0 Å². The number of carbonyl (C=O) groups excluding carboxylic acids is 1. The predicted molar refractivity (Wildman–Crippen MR) is 103 cm³/mol. The first-order valence-electron chi connectivity index (χ1n) is 7.92. The van der Waals surface area contributed by atoms with Gasteiger partial charge in [0.05, 0.1) is 25.1 Å². The third kappa shape index (κ3) is 5.04. The van der Waals surface area contributed by atoms with Crippen molar-refractivity contribution in [2.45, 2.75) is 11.7 Å². The fraction of sp³-hybridized carbons (Fsp3) is 0.176. The summed E-state index contributed by atoms with van der Waals surface area (Å²) >= 11 is 4.13. The van der Waals surface area contributed by atoms with Crippen molar-refractivity contribution in [1.29, 1.82) is 0 Å². The summed E-state index contributed by atoms with van der Waals surface area (Å²) in [5, 5.41) is 14.3. The second kappa shape index (κ2) is 9.11. The van der Waals surface area contributed by atoms with Crippen molar-refractivity contribution in [3.05, 3.63) is 58.1 Å². The van der Waals surface area contributed by atoms with Crippen molar-refractivity contribution in [2.75, 3.05) is 18.2 Å². The molecule has 1 heterocycles. The number of benzene rings is 2. The van der Waals surface area contributed by atoms with Gasteiger partial charge in [-0.15, -0.1) is 5.10 Å². The molecule has 0 aliphatic carbocycles. The summed E-state index contributed by atoms with van der Waals surface area (Å²) in [4.78, 5) is 12.1. The van der Waals surface area contributed by atoms with Gasteiger partial charge in [0.15, 0.2) is 5.82 Å². The Hall–Kier alpha value is -2.53. The standard InChI is InChI=1S/C17H14BrF2N5O2S/c1-27-12-4-2-10(3-5-12)8-25-17(22-23-24-25)28-9-15(26)21-16-13(18)6-11(19)7-14(16)20/h2-7H,8-9H2,1H3,(H,21,26). The molecular formula is C17H14BrF2N5O2S. The van der Waals surface area contributed by atoms with Crippen LogP contribution in [0.25, 0.3) is 0 Å². The lowest BCUT2D eigenvalue weighted by atomic mass is 10.2. The summed E-state index contributed by atoms with van der Waals surface area (Å²) in [5.41, 5.74) is 0.835. The molecule has 0 aliphatic rings. The van der Waals surface area contributed by atoms with E-state index in [4.69, 9.17) is 4.74 Å². The number of carbonyl (C=O) groups is 1. The number of ether oxygens (including phenoxy) is 1. The maximum atomic E-state index is 13.8. The van der Waals surface area contributed by atoms with Gasteiger partial charge in [-0.1, -0.05) is 23.9 Å². The lowest BCUT2D eigenvalue weighted by Crippen LogP contribution is -2.16. The molecule has 1 N–H and O–H groups in total. The fourth-order valence-corrected chi connectivity index (χ4v) is 3.45. The third-order valence-electron chi connectivity index (χ3n) is 3.59. The van der Waals surface area contributed by atoms with Crippen LogP contribution >= 0.6 is 27.7 Å². The summed E-state index contributed by atoms with van der Waals surface area (Å²) in [6.45, 7) is 0.416. The largest absolute Gasteiger partial charge is 0.497 e. The minimum atomic E-state index is -0.866. The van der Waals surface area contributed by atoms with Crippen LogP contribution in [0, 0.1) is 11.6 Å². The number of nitrogens with one attached hydrogen (secondary N) is 1. The Balaban J connectivity index is 1.61. The van der Waals surface area contributed by atoms with E-state index in [0.29, 0.717) is 17.8 Å². The van der Waals surface area contributed by atoms with Crippen LogP contribution in [0.3, 0.4) is 0 Å². The molecule has 146 valence electrons. The van der Waals surface area contributed by atoms with Crippen LogP contribution < -0.4 is 10.1 Å². The molecule has 0 aliphatic heterocycles. The Morgan fingerprint density at radius 1 is 1.29 bits per heavy atom. The lowest BCUT2D eigenvalue weighted by Gasteiger charge is -2.09. The zero-order valence-corrected chi connectivity index (χ0v) is 16.9. The van der Waals surface area contributed by atoms with E-state index in [1.807, 2.05) is 24.3 Å². The van der Waals surface area contributed by atoms with Crippen LogP contribution in [-0.4, -0.2) is 39.0 Å². The molecule has 0 bridgehead atoms. The molecular weight excluding hydrogens is 456 g/mol. The van der Waals surface area contributed by atoms with Gasteiger partial charge in [0, 0.05) is 10.5 Å².